The average molecular weight is 276 g/mol. The molecule has 0 aliphatic rings. The fraction of sp³-hybridized carbons (Fsp3) is 0.0769. The Hall–Kier alpha value is -1.98. The van der Waals surface area contributed by atoms with Gasteiger partial charge in [-0.2, -0.15) is 13.2 Å². The summed E-state index contributed by atoms with van der Waals surface area (Å²) in [6.07, 6.45) is -4.86. The van der Waals surface area contributed by atoms with Crippen LogP contribution in [0.15, 0.2) is 36.4 Å². The third-order valence-electron chi connectivity index (χ3n) is 2.53. The maximum Gasteiger partial charge on any atom is 0.417 e. The van der Waals surface area contributed by atoms with E-state index in [-0.39, 0.29) is 6.07 Å². The quantitative estimate of drug-likeness (QED) is 0.657. The number of hydrogen-bond donors (Lipinski definition) is 0. The summed E-state index contributed by atoms with van der Waals surface area (Å²) in [4.78, 5) is 0. The summed E-state index contributed by atoms with van der Waals surface area (Å²) in [5, 5.41) is 0. The monoisotopic (exact) mass is 276 g/mol. The van der Waals surface area contributed by atoms with Gasteiger partial charge >= 0.3 is 6.18 Å². The molecule has 0 radical (unpaired) electrons. The summed E-state index contributed by atoms with van der Waals surface area (Å²) in [5.41, 5.74) is -2.52. The number of hydrogen-bond acceptors (Lipinski definition) is 0. The largest absolute Gasteiger partial charge is 0.417 e. The van der Waals surface area contributed by atoms with Gasteiger partial charge < -0.3 is 0 Å². The second-order valence-electron chi connectivity index (χ2n) is 3.79. The molecule has 0 nitrogen and oxygen atoms in total. The van der Waals surface area contributed by atoms with Crippen molar-refractivity contribution in [2.45, 2.75) is 6.18 Å². The molecular weight excluding hydrogens is 270 g/mol. The Bertz CT molecular complexity index is 615. The number of halogens is 6. The molecule has 0 amide bonds. The van der Waals surface area contributed by atoms with Gasteiger partial charge in [0.2, 0.25) is 0 Å². The Morgan fingerprint density at radius 1 is 0.789 bits per heavy atom. The van der Waals surface area contributed by atoms with Crippen LogP contribution in [0.5, 0.6) is 0 Å². The highest BCUT2D eigenvalue weighted by molar-refractivity contribution is 5.68. The highest BCUT2D eigenvalue weighted by Crippen LogP contribution is 2.38. The van der Waals surface area contributed by atoms with E-state index in [4.69, 9.17) is 0 Å². The minimum Gasteiger partial charge on any atom is -0.207 e. The van der Waals surface area contributed by atoms with Crippen molar-refractivity contribution in [1.82, 2.24) is 0 Å². The number of rotatable bonds is 1. The zero-order valence-electron chi connectivity index (χ0n) is 9.23. The van der Waals surface area contributed by atoms with Crippen LogP contribution in [0.2, 0.25) is 0 Å². The van der Waals surface area contributed by atoms with Crippen LogP contribution in [-0.2, 0) is 6.18 Å². The van der Waals surface area contributed by atoms with Crippen LogP contribution in [-0.4, -0.2) is 0 Å². The van der Waals surface area contributed by atoms with Crippen LogP contribution in [0.3, 0.4) is 0 Å². The van der Waals surface area contributed by atoms with Gasteiger partial charge in [0.25, 0.3) is 0 Å². The Morgan fingerprint density at radius 3 is 2.11 bits per heavy atom. The molecule has 0 saturated heterocycles. The summed E-state index contributed by atoms with van der Waals surface area (Å²) < 4.78 is 77.8. The van der Waals surface area contributed by atoms with Crippen molar-refractivity contribution in [3.8, 4) is 11.1 Å². The molecule has 0 atom stereocenters. The van der Waals surface area contributed by atoms with Crippen molar-refractivity contribution in [3.05, 3.63) is 59.4 Å². The highest BCUT2D eigenvalue weighted by Gasteiger charge is 2.34. The normalized spacial score (nSPS) is 11.7. The van der Waals surface area contributed by atoms with Crippen molar-refractivity contribution >= 4 is 0 Å². The minimum absolute atomic E-state index is 0.250. The molecule has 0 aromatic heterocycles. The van der Waals surface area contributed by atoms with Crippen LogP contribution < -0.4 is 0 Å². The van der Waals surface area contributed by atoms with Gasteiger partial charge in [0.1, 0.15) is 5.82 Å². The Labute approximate surface area is 104 Å². The topological polar surface area (TPSA) is 0 Å². The molecular formula is C13H6F6. The van der Waals surface area contributed by atoms with E-state index in [1.807, 2.05) is 0 Å². The van der Waals surface area contributed by atoms with Crippen LogP contribution >= 0.6 is 0 Å². The first-order chi connectivity index (χ1) is 8.80. The van der Waals surface area contributed by atoms with Gasteiger partial charge in [-0.05, 0) is 23.8 Å². The molecule has 0 heterocycles. The predicted octanol–water partition coefficient (Wildman–Crippen LogP) is 4.79. The van der Waals surface area contributed by atoms with E-state index in [9.17, 15) is 26.3 Å². The molecule has 0 bridgehead atoms. The summed E-state index contributed by atoms with van der Waals surface area (Å²) in [6.45, 7) is 0. The van der Waals surface area contributed by atoms with Crippen molar-refractivity contribution in [3.63, 3.8) is 0 Å². The molecule has 0 spiro atoms. The molecule has 0 unspecified atom stereocenters. The van der Waals surface area contributed by atoms with E-state index in [0.717, 1.165) is 30.3 Å². The number of alkyl halides is 3. The zero-order valence-corrected chi connectivity index (χ0v) is 9.23. The maximum absolute atomic E-state index is 13.5. The van der Waals surface area contributed by atoms with E-state index in [1.54, 1.807) is 0 Å². The SMILES string of the molecule is Fc1ccc(-c2cccc(F)c2F)c(C(F)(F)F)c1. The smallest absolute Gasteiger partial charge is 0.207 e. The lowest BCUT2D eigenvalue weighted by Crippen LogP contribution is -2.08. The standard InChI is InChI=1S/C13H6F6/c14-7-4-5-8(10(6-7)13(17,18)19)9-2-1-3-11(15)12(9)16/h1-6H. The van der Waals surface area contributed by atoms with Crippen LogP contribution in [0.4, 0.5) is 26.3 Å². The summed E-state index contributed by atoms with van der Waals surface area (Å²) in [7, 11) is 0. The Balaban J connectivity index is 2.72. The molecule has 2 aromatic carbocycles. The highest BCUT2D eigenvalue weighted by atomic mass is 19.4. The van der Waals surface area contributed by atoms with E-state index >= 15 is 0 Å². The Kier molecular flexibility index (Phi) is 3.26. The fourth-order valence-corrected chi connectivity index (χ4v) is 1.70. The summed E-state index contributed by atoms with van der Waals surface area (Å²) in [6, 6.07) is 4.65. The summed E-state index contributed by atoms with van der Waals surface area (Å²) in [5.74, 6) is -3.78. The van der Waals surface area contributed by atoms with Crippen LogP contribution in [0.1, 0.15) is 5.56 Å². The molecule has 2 rings (SSSR count). The zero-order chi connectivity index (χ0) is 14.2. The molecule has 0 fully saturated rings. The first kappa shape index (κ1) is 13.5. The van der Waals surface area contributed by atoms with Crippen LogP contribution in [0, 0.1) is 17.5 Å². The van der Waals surface area contributed by atoms with Crippen molar-refractivity contribution in [2.75, 3.05) is 0 Å². The lowest BCUT2D eigenvalue weighted by Gasteiger charge is -2.13. The minimum atomic E-state index is -4.86. The van der Waals surface area contributed by atoms with E-state index in [0.29, 0.717) is 0 Å². The predicted molar refractivity (Wildman–Crippen MR) is 56.8 cm³/mol. The maximum atomic E-state index is 13.5. The van der Waals surface area contributed by atoms with Gasteiger partial charge in [-0.15, -0.1) is 0 Å². The number of benzene rings is 2. The second-order valence-corrected chi connectivity index (χ2v) is 3.79. The molecule has 19 heavy (non-hydrogen) atoms. The fourth-order valence-electron chi connectivity index (χ4n) is 1.70. The molecule has 100 valence electrons. The van der Waals surface area contributed by atoms with Gasteiger partial charge in [-0.25, -0.2) is 13.2 Å². The average Bonchev–Trinajstić information content (AvgIpc) is 2.32. The van der Waals surface area contributed by atoms with E-state index in [1.165, 1.54) is 0 Å². The summed E-state index contributed by atoms with van der Waals surface area (Å²) >= 11 is 0. The van der Waals surface area contributed by atoms with Crippen molar-refractivity contribution < 1.29 is 26.3 Å². The van der Waals surface area contributed by atoms with Gasteiger partial charge in [-0.3, -0.25) is 0 Å². The van der Waals surface area contributed by atoms with Crippen molar-refractivity contribution in [2.24, 2.45) is 0 Å². The third-order valence-corrected chi connectivity index (χ3v) is 2.53. The molecule has 0 aliphatic heterocycles. The van der Waals surface area contributed by atoms with Gasteiger partial charge in [0.05, 0.1) is 5.56 Å². The van der Waals surface area contributed by atoms with E-state index in [2.05, 4.69) is 0 Å². The van der Waals surface area contributed by atoms with Gasteiger partial charge in [0, 0.05) is 5.56 Å². The Morgan fingerprint density at radius 2 is 1.47 bits per heavy atom. The molecule has 6 heteroatoms. The van der Waals surface area contributed by atoms with Crippen molar-refractivity contribution in [1.29, 1.82) is 0 Å². The second kappa shape index (κ2) is 4.60. The molecule has 0 N–H and O–H groups in total. The third kappa shape index (κ3) is 2.57. The first-order valence-electron chi connectivity index (χ1n) is 5.12. The first-order valence-corrected chi connectivity index (χ1v) is 5.12. The van der Waals surface area contributed by atoms with Crippen LogP contribution in [0.25, 0.3) is 11.1 Å². The molecule has 0 aliphatic carbocycles. The lowest BCUT2D eigenvalue weighted by atomic mass is 9.98. The lowest BCUT2D eigenvalue weighted by molar-refractivity contribution is -0.137. The molecule has 2 aromatic rings. The molecule has 0 saturated carbocycles. The van der Waals surface area contributed by atoms with E-state index < -0.39 is 40.3 Å². The van der Waals surface area contributed by atoms with Gasteiger partial charge in [0.15, 0.2) is 11.6 Å². The van der Waals surface area contributed by atoms with Gasteiger partial charge in [-0.1, -0.05) is 18.2 Å².